The van der Waals surface area contributed by atoms with Crippen LogP contribution in [0.15, 0.2) is 78.9 Å². The van der Waals surface area contributed by atoms with Crippen LogP contribution in [-0.2, 0) is 32.6 Å². The minimum atomic E-state index is -3.85. The zero-order valence-corrected chi connectivity index (χ0v) is 24.8. The zero-order valence-electron chi connectivity index (χ0n) is 23.2. The molecule has 0 saturated carbocycles. The van der Waals surface area contributed by atoms with Crippen LogP contribution in [0.4, 0.5) is 5.69 Å². The minimum absolute atomic E-state index is 0.0850. The number of amides is 2. The standard InChI is InChI=1S/C30H36ClN3O5S/c1-5-22(2)32-30(36)28(19-23-9-7-6-8-10-23)33(20-24-11-13-25(31)14-12-24)29(35)21-34(40(4,37)38)26-15-17-27(39-3)18-16-26/h6-18,22,28H,5,19-21H2,1-4H3,(H,32,36)/t22-,28+/m0/s1. The Hall–Kier alpha value is -3.56. The largest absolute Gasteiger partial charge is 0.497 e. The first-order valence-corrected chi connectivity index (χ1v) is 15.2. The summed E-state index contributed by atoms with van der Waals surface area (Å²) < 4.78 is 31.9. The van der Waals surface area contributed by atoms with E-state index in [2.05, 4.69) is 5.32 Å². The van der Waals surface area contributed by atoms with Crippen molar-refractivity contribution < 1.29 is 22.7 Å². The number of anilines is 1. The van der Waals surface area contributed by atoms with E-state index in [0.29, 0.717) is 22.9 Å². The summed E-state index contributed by atoms with van der Waals surface area (Å²) in [7, 11) is -2.33. The first-order valence-electron chi connectivity index (χ1n) is 13.0. The first kappa shape index (κ1) is 31.0. The van der Waals surface area contributed by atoms with E-state index in [9.17, 15) is 18.0 Å². The van der Waals surface area contributed by atoms with Gasteiger partial charge >= 0.3 is 0 Å². The molecule has 1 N–H and O–H groups in total. The van der Waals surface area contributed by atoms with Crippen LogP contribution in [-0.4, -0.2) is 57.1 Å². The highest BCUT2D eigenvalue weighted by atomic mass is 35.5. The van der Waals surface area contributed by atoms with Crippen LogP contribution in [0.3, 0.4) is 0 Å². The maximum absolute atomic E-state index is 14.0. The van der Waals surface area contributed by atoms with Gasteiger partial charge in [0, 0.05) is 24.0 Å². The van der Waals surface area contributed by atoms with Crippen molar-refractivity contribution in [3.63, 3.8) is 0 Å². The number of methoxy groups -OCH3 is 1. The molecular weight excluding hydrogens is 550 g/mol. The van der Waals surface area contributed by atoms with E-state index in [0.717, 1.165) is 21.7 Å². The molecular formula is C30H36ClN3O5S. The first-order chi connectivity index (χ1) is 19.0. The van der Waals surface area contributed by atoms with Gasteiger partial charge in [-0.05, 0) is 60.9 Å². The number of halogens is 1. The Labute approximate surface area is 241 Å². The number of rotatable bonds is 13. The van der Waals surface area contributed by atoms with Crippen LogP contribution in [0.1, 0.15) is 31.4 Å². The third-order valence-corrected chi connectivity index (χ3v) is 7.97. The van der Waals surface area contributed by atoms with Crippen LogP contribution in [0.25, 0.3) is 0 Å². The lowest BCUT2D eigenvalue weighted by Gasteiger charge is -2.34. The average molecular weight is 586 g/mol. The molecule has 0 aromatic heterocycles. The Morgan fingerprint density at radius 3 is 2.12 bits per heavy atom. The third kappa shape index (κ3) is 8.72. The molecule has 214 valence electrons. The second-order valence-corrected chi connectivity index (χ2v) is 12.0. The molecule has 0 bridgehead atoms. The van der Waals surface area contributed by atoms with E-state index >= 15 is 0 Å². The fourth-order valence-electron chi connectivity index (χ4n) is 4.14. The van der Waals surface area contributed by atoms with Crippen molar-refractivity contribution in [2.24, 2.45) is 0 Å². The summed E-state index contributed by atoms with van der Waals surface area (Å²) in [5, 5.41) is 3.55. The molecule has 0 aliphatic carbocycles. The molecule has 10 heteroatoms. The van der Waals surface area contributed by atoms with Crippen LogP contribution in [0.5, 0.6) is 5.75 Å². The smallest absolute Gasteiger partial charge is 0.244 e. The van der Waals surface area contributed by atoms with Crippen molar-refractivity contribution in [2.45, 2.75) is 45.3 Å². The number of sulfonamides is 1. The number of benzene rings is 3. The van der Waals surface area contributed by atoms with Crippen LogP contribution < -0.4 is 14.4 Å². The van der Waals surface area contributed by atoms with Crippen molar-refractivity contribution in [1.82, 2.24) is 10.2 Å². The highest BCUT2D eigenvalue weighted by molar-refractivity contribution is 7.92. The van der Waals surface area contributed by atoms with Gasteiger partial charge in [0.1, 0.15) is 18.3 Å². The van der Waals surface area contributed by atoms with Gasteiger partial charge in [0.05, 0.1) is 19.1 Å². The van der Waals surface area contributed by atoms with E-state index in [1.807, 2.05) is 44.2 Å². The summed E-state index contributed by atoms with van der Waals surface area (Å²) in [6, 6.07) is 21.8. The number of hydrogen-bond acceptors (Lipinski definition) is 5. The minimum Gasteiger partial charge on any atom is -0.497 e. The maximum Gasteiger partial charge on any atom is 0.244 e. The fourth-order valence-corrected chi connectivity index (χ4v) is 5.12. The molecule has 8 nitrogen and oxygen atoms in total. The SMILES string of the molecule is CC[C@H](C)NC(=O)[C@@H](Cc1ccccc1)N(Cc1ccc(Cl)cc1)C(=O)CN(c1ccc(OC)cc1)S(C)(=O)=O. The molecule has 3 aromatic rings. The zero-order chi connectivity index (χ0) is 29.3. The van der Waals surface area contributed by atoms with Crippen LogP contribution in [0.2, 0.25) is 5.02 Å². The summed E-state index contributed by atoms with van der Waals surface area (Å²) >= 11 is 6.09. The summed E-state index contributed by atoms with van der Waals surface area (Å²) in [4.78, 5) is 29.2. The molecule has 2 amide bonds. The van der Waals surface area contributed by atoms with Crippen LogP contribution in [0, 0.1) is 0 Å². The van der Waals surface area contributed by atoms with Gasteiger partial charge < -0.3 is 15.0 Å². The number of carbonyl (C=O) groups excluding carboxylic acids is 2. The van der Waals surface area contributed by atoms with Gasteiger partial charge in [0.2, 0.25) is 21.8 Å². The number of nitrogens with zero attached hydrogens (tertiary/aromatic N) is 2. The molecule has 40 heavy (non-hydrogen) atoms. The molecule has 0 saturated heterocycles. The van der Waals surface area contributed by atoms with E-state index in [-0.39, 0.29) is 24.9 Å². The van der Waals surface area contributed by atoms with Crippen molar-refractivity contribution in [1.29, 1.82) is 0 Å². The lowest BCUT2D eigenvalue weighted by Crippen LogP contribution is -2.54. The lowest BCUT2D eigenvalue weighted by molar-refractivity contribution is -0.140. The van der Waals surface area contributed by atoms with E-state index in [4.69, 9.17) is 16.3 Å². The number of carbonyl (C=O) groups is 2. The monoisotopic (exact) mass is 585 g/mol. The molecule has 0 aliphatic rings. The molecule has 0 aliphatic heterocycles. The predicted molar refractivity (Wildman–Crippen MR) is 159 cm³/mol. The summed E-state index contributed by atoms with van der Waals surface area (Å²) in [6.45, 7) is 3.47. The normalized spacial score (nSPS) is 12.7. The Bertz CT molecular complexity index is 1370. The molecule has 0 spiro atoms. The summed E-state index contributed by atoms with van der Waals surface area (Å²) in [5.74, 6) is -0.273. The van der Waals surface area contributed by atoms with Gasteiger partial charge in [-0.3, -0.25) is 13.9 Å². The van der Waals surface area contributed by atoms with Gasteiger partial charge in [-0.25, -0.2) is 8.42 Å². The molecule has 0 fully saturated rings. The van der Waals surface area contributed by atoms with Crippen molar-refractivity contribution in [2.75, 3.05) is 24.2 Å². The van der Waals surface area contributed by atoms with Gasteiger partial charge in [-0.2, -0.15) is 0 Å². The highest BCUT2D eigenvalue weighted by Gasteiger charge is 2.33. The molecule has 2 atom stereocenters. The van der Waals surface area contributed by atoms with Crippen molar-refractivity contribution in [3.05, 3.63) is 95.0 Å². The van der Waals surface area contributed by atoms with Gasteiger partial charge in [0.15, 0.2) is 0 Å². The second-order valence-electron chi connectivity index (χ2n) is 9.64. The quantitative estimate of drug-likeness (QED) is 0.314. The molecule has 0 unspecified atom stereocenters. The van der Waals surface area contributed by atoms with Gasteiger partial charge in [-0.1, -0.05) is 61.0 Å². The Morgan fingerprint density at radius 1 is 0.950 bits per heavy atom. The van der Waals surface area contributed by atoms with Gasteiger partial charge in [0.25, 0.3) is 0 Å². The van der Waals surface area contributed by atoms with Crippen LogP contribution >= 0.6 is 11.6 Å². The Kier molecular flexibility index (Phi) is 11.0. The van der Waals surface area contributed by atoms with E-state index in [1.165, 1.54) is 12.0 Å². The summed E-state index contributed by atoms with van der Waals surface area (Å²) in [6.07, 6.45) is 2.02. The van der Waals surface area contributed by atoms with E-state index in [1.54, 1.807) is 48.5 Å². The van der Waals surface area contributed by atoms with Gasteiger partial charge in [-0.15, -0.1) is 0 Å². The number of nitrogens with one attached hydrogen (secondary N) is 1. The molecule has 3 rings (SSSR count). The fraction of sp³-hybridized carbons (Fsp3) is 0.333. The number of ether oxygens (including phenoxy) is 1. The number of hydrogen-bond donors (Lipinski definition) is 1. The lowest BCUT2D eigenvalue weighted by atomic mass is 10.0. The Morgan fingerprint density at radius 2 is 1.57 bits per heavy atom. The van der Waals surface area contributed by atoms with Crippen molar-refractivity contribution in [3.8, 4) is 5.75 Å². The maximum atomic E-state index is 14.0. The topological polar surface area (TPSA) is 96.0 Å². The average Bonchev–Trinajstić information content (AvgIpc) is 2.94. The second kappa shape index (κ2) is 14.2. The molecule has 0 radical (unpaired) electrons. The van der Waals surface area contributed by atoms with Crippen molar-refractivity contribution >= 4 is 39.1 Å². The molecule has 3 aromatic carbocycles. The third-order valence-electron chi connectivity index (χ3n) is 6.58. The van der Waals surface area contributed by atoms with E-state index < -0.39 is 28.5 Å². The summed E-state index contributed by atoms with van der Waals surface area (Å²) in [5.41, 5.74) is 1.94. The Balaban J connectivity index is 2.04. The predicted octanol–water partition coefficient (Wildman–Crippen LogP) is 4.67. The highest BCUT2D eigenvalue weighted by Crippen LogP contribution is 2.23. The molecule has 0 heterocycles.